The number of allylic oxidation sites excluding steroid dienone is 1. The molecule has 80 valence electrons. The Bertz CT molecular complexity index is 324. The van der Waals surface area contributed by atoms with Gasteiger partial charge in [0.1, 0.15) is 0 Å². The molecular weight excluding hydrogens is 186 g/mol. The zero-order valence-corrected chi connectivity index (χ0v) is 9.29. The Morgan fingerprint density at radius 3 is 2.33 bits per heavy atom. The lowest BCUT2D eigenvalue weighted by Crippen LogP contribution is -1.92. The van der Waals surface area contributed by atoms with Crippen molar-refractivity contribution >= 4 is 6.08 Å². The minimum Gasteiger partial charge on any atom is -0.222 e. The highest BCUT2D eigenvalue weighted by Crippen LogP contribution is 2.21. The van der Waals surface area contributed by atoms with Crippen molar-refractivity contribution in [2.75, 3.05) is 0 Å². The van der Waals surface area contributed by atoms with Gasteiger partial charge in [0.15, 0.2) is 0 Å². The molecule has 0 amide bonds. The van der Waals surface area contributed by atoms with E-state index in [1.54, 1.807) is 0 Å². The molecule has 0 saturated carbocycles. The van der Waals surface area contributed by atoms with Gasteiger partial charge in [0.2, 0.25) is 6.08 Å². The van der Waals surface area contributed by atoms with Gasteiger partial charge in [0, 0.05) is 0 Å². The summed E-state index contributed by atoms with van der Waals surface area (Å²) < 4.78 is 0. The van der Waals surface area contributed by atoms with Gasteiger partial charge in [-0.2, -0.15) is 0 Å². The number of benzene rings is 1. The second-order valence-corrected chi connectivity index (χ2v) is 3.58. The Labute approximate surface area is 91.1 Å². The van der Waals surface area contributed by atoms with Gasteiger partial charge in [-0.15, -0.1) is 6.58 Å². The molecule has 0 heterocycles. The molecule has 2 nitrogen and oxygen atoms in total. The highest BCUT2D eigenvalue weighted by Gasteiger charge is 2.03. The summed E-state index contributed by atoms with van der Waals surface area (Å²) in [6.07, 6.45) is 1.84. The highest BCUT2D eigenvalue weighted by molar-refractivity contribution is 5.26. The molecule has 0 aliphatic carbocycles. The van der Waals surface area contributed by atoms with Gasteiger partial charge < -0.3 is 0 Å². The fourth-order valence-corrected chi connectivity index (χ4v) is 1.42. The number of hydrogen-bond acceptors (Lipinski definition) is 2. The van der Waals surface area contributed by atoms with Crippen LogP contribution in [0.2, 0.25) is 0 Å². The van der Waals surface area contributed by atoms with Gasteiger partial charge in [0.05, 0.1) is 0 Å². The van der Waals surface area contributed by atoms with E-state index in [2.05, 4.69) is 50.8 Å². The summed E-state index contributed by atoms with van der Waals surface area (Å²) in [6.45, 7) is 8.24. The standard InChI is InChI=1S/C12H16.CHNO/c1-10(2)9-11(3)12-7-5-4-6-8-12;2-1-3/h4-8,11H,1,9H2,2-3H3;2H. The molecule has 0 aliphatic rings. The first-order valence-corrected chi connectivity index (χ1v) is 4.85. The van der Waals surface area contributed by atoms with E-state index in [4.69, 9.17) is 10.2 Å². The molecule has 1 atom stereocenters. The van der Waals surface area contributed by atoms with Crippen molar-refractivity contribution in [3.05, 3.63) is 48.0 Å². The number of nitrogens with one attached hydrogen (secondary N) is 1. The SMILES string of the molecule is C=C(C)CC(C)c1ccccc1.N=C=O. The van der Waals surface area contributed by atoms with Gasteiger partial charge in [-0.25, -0.2) is 10.2 Å². The summed E-state index contributed by atoms with van der Waals surface area (Å²) in [5, 5.41) is 5.40. The Hall–Kier alpha value is -1.66. The van der Waals surface area contributed by atoms with E-state index < -0.39 is 0 Å². The molecule has 0 bridgehead atoms. The molecular formula is C13H17NO. The van der Waals surface area contributed by atoms with E-state index >= 15 is 0 Å². The molecule has 0 aromatic heterocycles. The van der Waals surface area contributed by atoms with Gasteiger partial charge in [-0.1, -0.05) is 42.8 Å². The second kappa shape index (κ2) is 7.72. The topological polar surface area (TPSA) is 40.9 Å². The molecule has 0 aliphatic heterocycles. The molecule has 1 rings (SSSR count). The summed E-state index contributed by atoms with van der Waals surface area (Å²) in [5.41, 5.74) is 2.66. The Morgan fingerprint density at radius 2 is 1.93 bits per heavy atom. The summed E-state index contributed by atoms with van der Waals surface area (Å²) in [5.74, 6) is 0.601. The molecule has 1 aromatic rings. The largest absolute Gasteiger partial charge is 0.231 e. The summed E-state index contributed by atoms with van der Waals surface area (Å²) in [7, 11) is 0. The van der Waals surface area contributed by atoms with Crippen LogP contribution in [0.3, 0.4) is 0 Å². The maximum absolute atomic E-state index is 8.35. The summed E-state index contributed by atoms with van der Waals surface area (Å²) in [6, 6.07) is 10.6. The lowest BCUT2D eigenvalue weighted by atomic mass is 9.95. The summed E-state index contributed by atoms with van der Waals surface area (Å²) in [4.78, 5) is 8.35. The zero-order valence-electron chi connectivity index (χ0n) is 9.29. The van der Waals surface area contributed by atoms with Crippen LogP contribution in [0.1, 0.15) is 31.7 Å². The molecule has 2 heteroatoms. The number of carbonyl (C=O) groups excluding carboxylic acids is 1. The van der Waals surface area contributed by atoms with Crippen LogP contribution in [0.25, 0.3) is 0 Å². The van der Waals surface area contributed by atoms with Crippen molar-refractivity contribution in [3.8, 4) is 0 Å². The fourth-order valence-electron chi connectivity index (χ4n) is 1.42. The van der Waals surface area contributed by atoms with Gasteiger partial charge in [-0.05, 0) is 24.8 Å². The Morgan fingerprint density at radius 1 is 1.47 bits per heavy atom. The molecule has 0 radical (unpaired) electrons. The molecule has 1 N–H and O–H groups in total. The van der Waals surface area contributed by atoms with E-state index in [1.165, 1.54) is 11.1 Å². The van der Waals surface area contributed by atoms with E-state index in [-0.39, 0.29) is 0 Å². The third-order valence-corrected chi connectivity index (χ3v) is 2.02. The van der Waals surface area contributed by atoms with Crippen molar-refractivity contribution < 1.29 is 4.79 Å². The molecule has 1 unspecified atom stereocenters. The van der Waals surface area contributed by atoms with Crippen LogP contribution in [-0.4, -0.2) is 6.08 Å². The minimum atomic E-state index is 0.601. The molecule has 15 heavy (non-hydrogen) atoms. The number of hydrogen-bond donors (Lipinski definition) is 1. The average molecular weight is 203 g/mol. The third-order valence-electron chi connectivity index (χ3n) is 2.02. The monoisotopic (exact) mass is 203 g/mol. The lowest BCUT2D eigenvalue weighted by molar-refractivity contribution is 0.563. The van der Waals surface area contributed by atoms with Crippen LogP contribution < -0.4 is 0 Å². The quantitative estimate of drug-likeness (QED) is 0.454. The van der Waals surface area contributed by atoms with E-state index in [0.29, 0.717) is 5.92 Å². The Balaban J connectivity index is 0.000000583. The smallest absolute Gasteiger partial charge is 0.222 e. The Kier molecular flexibility index (Phi) is 6.86. The number of rotatable bonds is 3. The fraction of sp³-hybridized carbons (Fsp3) is 0.308. The van der Waals surface area contributed by atoms with E-state index in [0.717, 1.165) is 12.5 Å². The van der Waals surface area contributed by atoms with E-state index in [1.807, 2.05) is 0 Å². The predicted molar refractivity (Wildman–Crippen MR) is 62.7 cm³/mol. The first kappa shape index (κ1) is 13.3. The van der Waals surface area contributed by atoms with Gasteiger partial charge >= 0.3 is 0 Å². The first-order chi connectivity index (χ1) is 7.11. The molecule has 1 aromatic carbocycles. The van der Waals surface area contributed by atoms with Crippen LogP contribution >= 0.6 is 0 Å². The zero-order chi connectivity index (χ0) is 11.7. The lowest BCUT2D eigenvalue weighted by Gasteiger charge is -2.10. The normalized spacial score (nSPS) is 10.5. The predicted octanol–water partition coefficient (Wildman–Crippen LogP) is 3.66. The average Bonchev–Trinajstić information content (AvgIpc) is 2.19. The highest BCUT2D eigenvalue weighted by atomic mass is 16.1. The second-order valence-electron chi connectivity index (χ2n) is 3.58. The van der Waals surface area contributed by atoms with Gasteiger partial charge in [0.25, 0.3) is 0 Å². The summed E-state index contributed by atoms with van der Waals surface area (Å²) >= 11 is 0. The van der Waals surface area contributed by atoms with Crippen molar-refractivity contribution in [1.82, 2.24) is 0 Å². The minimum absolute atomic E-state index is 0.601. The van der Waals surface area contributed by atoms with Crippen LogP contribution in [0.15, 0.2) is 42.5 Å². The van der Waals surface area contributed by atoms with Crippen LogP contribution in [0.4, 0.5) is 0 Å². The molecule has 0 spiro atoms. The van der Waals surface area contributed by atoms with E-state index in [9.17, 15) is 0 Å². The van der Waals surface area contributed by atoms with Crippen molar-refractivity contribution in [1.29, 1.82) is 5.41 Å². The van der Waals surface area contributed by atoms with Crippen LogP contribution in [-0.2, 0) is 4.79 Å². The van der Waals surface area contributed by atoms with Crippen molar-refractivity contribution in [2.45, 2.75) is 26.2 Å². The van der Waals surface area contributed by atoms with Crippen LogP contribution in [0.5, 0.6) is 0 Å². The molecule has 0 saturated heterocycles. The first-order valence-electron chi connectivity index (χ1n) is 4.85. The van der Waals surface area contributed by atoms with Crippen molar-refractivity contribution in [3.63, 3.8) is 0 Å². The van der Waals surface area contributed by atoms with Gasteiger partial charge in [-0.3, -0.25) is 0 Å². The number of isocyanates is 1. The van der Waals surface area contributed by atoms with Crippen molar-refractivity contribution in [2.24, 2.45) is 0 Å². The van der Waals surface area contributed by atoms with Crippen LogP contribution in [0, 0.1) is 5.41 Å². The maximum atomic E-state index is 8.35. The maximum Gasteiger partial charge on any atom is 0.231 e. The third kappa shape index (κ3) is 6.42. The molecule has 0 fully saturated rings.